The molecule has 0 unspecified atom stereocenters. The number of aromatic amines is 1. The fraction of sp³-hybridized carbons (Fsp3) is 0.143. The van der Waals surface area contributed by atoms with Gasteiger partial charge in [0.05, 0.1) is 12.1 Å². The maximum absolute atomic E-state index is 5.40. The number of rotatable bonds is 2. The quantitative estimate of drug-likeness (QED) is 0.706. The Hall–Kier alpha value is -1.86. The Bertz CT molecular complexity index is 903. The maximum Gasteiger partial charge on any atom is 0.231 e. The van der Waals surface area contributed by atoms with Crippen molar-refractivity contribution in [1.82, 2.24) is 14.5 Å². The molecule has 0 amide bonds. The van der Waals surface area contributed by atoms with Crippen molar-refractivity contribution in [3.05, 3.63) is 45.3 Å². The van der Waals surface area contributed by atoms with Crippen LogP contribution in [0.25, 0.3) is 11.2 Å². The summed E-state index contributed by atoms with van der Waals surface area (Å²) < 4.78 is 14.3. The number of nitrogens with one attached hydrogen (secondary N) is 1. The first-order valence-corrected chi connectivity index (χ1v) is 7.53. The van der Waals surface area contributed by atoms with E-state index in [-0.39, 0.29) is 6.79 Å². The molecule has 5 nitrogen and oxygen atoms in total. The molecule has 3 aromatic rings. The van der Waals surface area contributed by atoms with Gasteiger partial charge in [0, 0.05) is 10.7 Å². The lowest BCUT2D eigenvalue weighted by Gasteiger charge is -2.05. The van der Waals surface area contributed by atoms with Gasteiger partial charge in [0.15, 0.2) is 21.9 Å². The molecular formula is C14H10BrN3O2S. The minimum Gasteiger partial charge on any atom is -0.454 e. The van der Waals surface area contributed by atoms with Crippen molar-refractivity contribution in [1.29, 1.82) is 0 Å². The van der Waals surface area contributed by atoms with Crippen molar-refractivity contribution in [2.45, 2.75) is 6.54 Å². The Labute approximate surface area is 133 Å². The summed E-state index contributed by atoms with van der Waals surface area (Å²) in [4.78, 5) is 7.60. The lowest BCUT2D eigenvalue weighted by molar-refractivity contribution is 0.174. The summed E-state index contributed by atoms with van der Waals surface area (Å²) in [5.41, 5.74) is 2.83. The first-order valence-electron chi connectivity index (χ1n) is 6.33. The molecule has 1 N–H and O–H groups in total. The molecule has 1 aliphatic rings. The highest BCUT2D eigenvalue weighted by Gasteiger charge is 2.14. The molecule has 7 heteroatoms. The van der Waals surface area contributed by atoms with E-state index in [1.165, 1.54) is 0 Å². The predicted molar refractivity (Wildman–Crippen MR) is 84.3 cm³/mol. The van der Waals surface area contributed by atoms with Gasteiger partial charge >= 0.3 is 0 Å². The number of imidazole rings is 1. The Morgan fingerprint density at radius 1 is 1.29 bits per heavy atom. The summed E-state index contributed by atoms with van der Waals surface area (Å²) >= 11 is 8.80. The van der Waals surface area contributed by atoms with Gasteiger partial charge in [0.25, 0.3) is 0 Å². The van der Waals surface area contributed by atoms with Crippen LogP contribution in [-0.4, -0.2) is 21.3 Å². The number of halogens is 1. The Morgan fingerprint density at radius 3 is 3.05 bits per heavy atom. The first-order chi connectivity index (χ1) is 10.2. The second kappa shape index (κ2) is 4.85. The van der Waals surface area contributed by atoms with Gasteiger partial charge in [-0.3, -0.25) is 4.57 Å². The van der Waals surface area contributed by atoms with E-state index in [1.54, 1.807) is 6.20 Å². The largest absolute Gasteiger partial charge is 0.454 e. The van der Waals surface area contributed by atoms with E-state index in [4.69, 9.17) is 21.7 Å². The zero-order chi connectivity index (χ0) is 14.4. The zero-order valence-corrected chi connectivity index (χ0v) is 13.2. The summed E-state index contributed by atoms with van der Waals surface area (Å²) in [5, 5.41) is 0. The predicted octanol–water partition coefficient (Wildman–Crippen LogP) is 3.63. The SMILES string of the molecule is S=c1[nH]c2cc(Br)cnc2n1Cc1ccc2c(c1)OCO2. The van der Waals surface area contributed by atoms with Crippen molar-refractivity contribution in [3.63, 3.8) is 0 Å². The molecule has 0 fully saturated rings. The number of fused-ring (bicyclic) bond motifs is 2. The minimum atomic E-state index is 0.279. The third-order valence-electron chi connectivity index (χ3n) is 3.35. The molecule has 0 aliphatic carbocycles. The van der Waals surface area contributed by atoms with Crippen molar-refractivity contribution in [3.8, 4) is 11.5 Å². The van der Waals surface area contributed by atoms with Crippen LogP contribution in [0.5, 0.6) is 11.5 Å². The van der Waals surface area contributed by atoms with E-state index in [1.807, 2.05) is 28.8 Å². The lowest BCUT2D eigenvalue weighted by Crippen LogP contribution is -2.00. The van der Waals surface area contributed by atoms with Gasteiger partial charge in [-0.2, -0.15) is 0 Å². The van der Waals surface area contributed by atoms with Crippen molar-refractivity contribution in [2.24, 2.45) is 0 Å². The topological polar surface area (TPSA) is 52.1 Å². The Kier molecular flexibility index (Phi) is 2.97. The summed E-state index contributed by atoms with van der Waals surface area (Å²) in [6.45, 7) is 0.908. The Balaban J connectivity index is 1.77. The van der Waals surface area contributed by atoms with Crippen LogP contribution in [0.4, 0.5) is 0 Å². The van der Waals surface area contributed by atoms with Crippen LogP contribution in [0.3, 0.4) is 0 Å². The van der Waals surface area contributed by atoms with Gasteiger partial charge in [-0.05, 0) is 51.9 Å². The van der Waals surface area contributed by atoms with Gasteiger partial charge in [0.2, 0.25) is 6.79 Å². The van der Waals surface area contributed by atoms with E-state index >= 15 is 0 Å². The number of H-pyrrole nitrogens is 1. The molecule has 2 aromatic heterocycles. The van der Waals surface area contributed by atoms with Crippen LogP contribution in [0.1, 0.15) is 5.56 Å². The molecular weight excluding hydrogens is 354 g/mol. The molecule has 0 atom stereocenters. The van der Waals surface area contributed by atoms with Gasteiger partial charge in [-0.1, -0.05) is 6.07 Å². The van der Waals surface area contributed by atoms with Crippen LogP contribution >= 0.6 is 28.1 Å². The van der Waals surface area contributed by atoms with E-state index in [0.717, 1.165) is 32.7 Å². The summed E-state index contributed by atoms with van der Waals surface area (Å²) in [6, 6.07) is 7.86. The molecule has 106 valence electrons. The smallest absolute Gasteiger partial charge is 0.231 e. The molecule has 3 heterocycles. The number of hydrogen-bond acceptors (Lipinski definition) is 4. The van der Waals surface area contributed by atoms with E-state index in [0.29, 0.717) is 11.3 Å². The summed E-state index contributed by atoms with van der Waals surface area (Å²) in [5.74, 6) is 1.55. The molecule has 1 aliphatic heterocycles. The third kappa shape index (κ3) is 2.22. The molecule has 0 spiro atoms. The average Bonchev–Trinajstić information content (AvgIpc) is 3.03. The average molecular weight is 364 g/mol. The molecule has 21 heavy (non-hydrogen) atoms. The molecule has 0 radical (unpaired) electrons. The summed E-state index contributed by atoms with van der Waals surface area (Å²) in [7, 11) is 0. The molecule has 1 aromatic carbocycles. The van der Waals surface area contributed by atoms with E-state index in [9.17, 15) is 0 Å². The first kappa shape index (κ1) is 12.8. The van der Waals surface area contributed by atoms with Crippen molar-refractivity contribution in [2.75, 3.05) is 6.79 Å². The van der Waals surface area contributed by atoms with E-state index < -0.39 is 0 Å². The second-order valence-electron chi connectivity index (χ2n) is 4.73. The normalized spacial score (nSPS) is 13.0. The number of nitrogens with zero attached hydrogens (tertiary/aromatic N) is 2. The van der Waals surface area contributed by atoms with Crippen LogP contribution in [0.15, 0.2) is 34.9 Å². The summed E-state index contributed by atoms with van der Waals surface area (Å²) in [6.07, 6.45) is 1.76. The van der Waals surface area contributed by atoms with Crippen molar-refractivity contribution >= 4 is 39.3 Å². The van der Waals surface area contributed by atoms with Gasteiger partial charge < -0.3 is 14.5 Å². The highest BCUT2D eigenvalue weighted by Crippen LogP contribution is 2.33. The fourth-order valence-electron chi connectivity index (χ4n) is 2.39. The standard InChI is InChI=1S/C14H10BrN3O2S/c15-9-4-10-13(16-5-9)18(14(21)17-10)6-8-1-2-11-12(3-8)20-7-19-11/h1-5H,6-7H2,(H,17,21). The number of aromatic nitrogens is 3. The monoisotopic (exact) mass is 363 g/mol. The highest BCUT2D eigenvalue weighted by molar-refractivity contribution is 9.10. The van der Waals surface area contributed by atoms with Crippen molar-refractivity contribution < 1.29 is 9.47 Å². The number of benzene rings is 1. The van der Waals surface area contributed by atoms with Crippen LogP contribution in [0.2, 0.25) is 0 Å². The second-order valence-corrected chi connectivity index (χ2v) is 6.03. The van der Waals surface area contributed by atoms with Gasteiger partial charge in [-0.15, -0.1) is 0 Å². The fourth-order valence-corrected chi connectivity index (χ4v) is 2.98. The van der Waals surface area contributed by atoms with E-state index in [2.05, 4.69) is 25.9 Å². The Morgan fingerprint density at radius 2 is 2.14 bits per heavy atom. The lowest BCUT2D eigenvalue weighted by atomic mass is 10.2. The van der Waals surface area contributed by atoms with Crippen LogP contribution < -0.4 is 9.47 Å². The molecule has 4 rings (SSSR count). The zero-order valence-electron chi connectivity index (χ0n) is 10.8. The van der Waals surface area contributed by atoms with Crippen LogP contribution in [0, 0.1) is 4.77 Å². The number of pyridine rings is 1. The minimum absolute atomic E-state index is 0.279. The molecule has 0 saturated heterocycles. The molecule has 0 saturated carbocycles. The number of ether oxygens (including phenoxy) is 2. The van der Waals surface area contributed by atoms with Gasteiger partial charge in [0.1, 0.15) is 0 Å². The van der Waals surface area contributed by atoms with Gasteiger partial charge in [-0.25, -0.2) is 4.98 Å². The highest BCUT2D eigenvalue weighted by atomic mass is 79.9. The third-order valence-corrected chi connectivity index (χ3v) is 4.11. The molecule has 0 bridgehead atoms. The van der Waals surface area contributed by atoms with Crippen LogP contribution in [-0.2, 0) is 6.54 Å². The number of hydrogen-bond donors (Lipinski definition) is 1. The maximum atomic E-state index is 5.40.